The summed E-state index contributed by atoms with van der Waals surface area (Å²) in [5.74, 6) is 1.75. The zero-order valence-electron chi connectivity index (χ0n) is 13.1. The molecule has 1 saturated carbocycles. The Labute approximate surface area is 142 Å². The number of carbonyl (C=O) groups is 1. The van der Waals surface area contributed by atoms with Crippen molar-refractivity contribution in [1.82, 2.24) is 4.90 Å². The second-order valence-electron chi connectivity index (χ2n) is 6.10. The summed E-state index contributed by atoms with van der Waals surface area (Å²) in [5, 5.41) is 0.764. The van der Waals surface area contributed by atoms with Crippen LogP contribution in [0.4, 0.5) is 4.79 Å². The third-order valence-electron chi connectivity index (χ3n) is 4.32. The summed E-state index contributed by atoms with van der Waals surface area (Å²) in [7, 11) is 0. The first kappa shape index (κ1) is 17.5. The monoisotopic (exact) mass is 340 g/mol. The summed E-state index contributed by atoms with van der Waals surface area (Å²) in [5.41, 5.74) is 5.58. The van der Waals surface area contributed by atoms with Crippen molar-refractivity contribution in [3.63, 3.8) is 0 Å². The fraction of sp³-hybridized carbons (Fsp3) is 0.588. The van der Waals surface area contributed by atoms with Gasteiger partial charge in [-0.2, -0.15) is 0 Å². The van der Waals surface area contributed by atoms with E-state index < -0.39 is 0 Å². The average Bonchev–Trinajstić information content (AvgIpc) is 2.48. The predicted octanol–water partition coefficient (Wildman–Crippen LogP) is 4.78. The van der Waals surface area contributed by atoms with Crippen LogP contribution in [-0.4, -0.2) is 29.3 Å². The number of hydrogen-bond acceptors (Lipinski definition) is 2. The van der Waals surface area contributed by atoms with E-state index in [0.717, 1.165) is 42.5 Å². The summed E-state index contributed by atoms with van der Waals surface area (Å²) < 4.78 is 0. The Bertz CT molecular complexity index is 489. The van der Waals surface area contributed by atoms with Crippen LogP contribution in [0.2, 0.25) is 5.02 Å². The van der Waals surface area contributed by atoms with Crippen molar-refractivity contribution in [2.45, 2.75) is 50.0 Å². The van der Waals surface area contributed by atoms with Crippen LogP contribution in [0, 0.1) is 5.92 Å². The standard InChI is InChI=1S/C17H25ClN2OS/c1-13-6-8-15(9-7-13)20(17(19)21)10-3-11-22-16-5-2-4-14(18)12-16/h2,4-5,12-13,15H,3,6-11H2,1H3,(H2,19,21). The predicted molar refractivity (Wildman–Crippen MR) is 94.5 cm³/mol. The largest absolute Gasteiger partial charge is 0.351 e. The highest BCUT2D eigenvalue weighted by atomic mass is 35.5. The van der Waals surface area contributed by atoms with Gasteiger partial charge < -0.3 is 10.6 Å². The Morgan fingerprint density at radius 3 is 2.73 bits per heavy atom. The Balaban J connectivity index is 1.76. The van der Waals surface area contributed by atoms with E-state index >= 15 is 0 Å². The van der Waals surface area contributed by atoms with Crippen molar-refractivity contribution >= 4 is 29.4 Å². The topological polar surface area (TPSA) is 46.3 Å². The van der Waals surface area contributed by atoms with Crippen molar-refractivity contribution in [3.8, 4) is 0 Å². The maximum atomic E-state index is 11.7. The van der Waals surface area contributed by atoms with E-state index in [1.165, 1.54) is 17.7 Å². The number of nitrogens with two attached hydrogens (primary N) is 1. The van der Waals surface area contributed by atoms with E-state index in [-0.39, 0.29) is 6.03 Å². The molecule has 2 amide bonds. The highest BCUT2D eigenvalue weighted by Gasteiger charge is 2.25. The van der Waals surface area contributed by atoms with Crippen LogP contribution in [0.3, 0.4) is 0 Å². The molecule has 0 radical (unpaired) electrons. The number of hydrogen-bond donors (Lipinski definition) is 1. The highest BCUT2D eigenvalue weighted by Crippen LogP contribution is 2.28. The maximum absolute atomic E-state index is 11.7. The molecule has 0 heterocycles. The number of benzene rings is 1. The molecular weight excluding hydrogens is 316 g/mol. The summed E-state index contributed by atoms with van der Waals surface area (Å²) in [6.07, 6.45) is 5.53. The van der Waals surface area contributed by atoms with Gasteiger partial charge in [-0.1, -0.05) is 24.6 Å². The molecule has 3 nitrogen and oxygen atoms in total. The van der Waals surface area contributed by atoms with Crippen molar-refractivity contribution in [3.05, 3.63) is 29.3 Å². The number of rotatable bonds is 6. The van der Waals surface area contributed by atoms with Crippen LogP contribution in [0.1, 0.15) is 39.0 Å². The van der Waals surface area contributed by atoms with Gasteiger partial charge in [0.25, 0.3) is 0 Å². The molecule has 0 bridgehead atoms. The molecule has 0 aromatic heterocycles. The van der Waals surface area contributed by atoms with E-state index in [1.54, 1.807) is 11.8 Å². The van der Waals surface area contributed by atoms with Gasteiger partial charge in [0.15, 0.2) is 0 Å². The number of primary amides is 1. The number of carbonyl (C=O) groups excluding carboxylic acids is 1. The van der Waals surface area contributed by atoms with Crippen LogP contribution in [0.5, 0.6) is 0 Å². The van der Waals surface area contributed by atoms with Gasteiger partial charge in [0.1, 0.15) is 0 Å². The SMILES string of the molecule is CC1CCC(N(CCCSc2cccc(Cl)c2)C(N)=O)CC1. The number of nitrogens with zero attached hydrogens (tertiary/aromatic N) is 1. The quantitative estimate of drug-likeness (QED) is 0.598. The van der Waals surface area contributed by atoms with Crippen molar-refractivity contribution in [1.29, 1.82) is 0 Å². The lowest BCUT2D eigenvalue weighted by atomic mass is 9.86. The maximum Gasteiger partial charge on any atom is 0.315 e. The first-order chi connectivity index (χ1) is 10.6. The molecule has 122 valence electrons. The van der Waals surface area contributed by atoms with Crippen LogP contribution < -0.4 is 5.73 Å². The fourth-order valence-electron chi connectivity index (χ4n) is 3.01. The number of amides is 2. The van der Waals surface area contributed by atoms with Crippen molar-refractivity contribution in [2.75, 3.05) is 12.3 Å². The molecule has 2 N–H and O–H groups in total. The smallest absolute Gasteiger partial charge is 0.315 e. The summed E-state index contributed by atoms with van der Waals surface area (Å²) >= 11 is 7.75. The van der Waals surface area contributed by atoms with Crippen LogP contribution >= 0.6 is 23.4 Å². The summed E-state index contributed by atoms with van der Waals surface area (Å²) in [6.45, 7) is 3.04. The van der Waals surface area contributed by atoms with E-state index in [0.29, 0.717) is 6.04 Å². The Hall–Kier alpha value is -0.870. The van der Waals surface area contributed by atoms with Gasteiger partial charge >= 0.3 is 6.03 Å². The van der Waals surface area contributed by atoms with Crippen molar-refractivity contribution in [2.24, 2.45) is 11.7 Å². The molecule has 0 spiro atoms. The highest BCUT2D eigenvalue weighted by molar-refractivity contribution is 7.99. The molecule has 1 aliphatic carbocycles. The van der Waals surface area contributed by atoms with Crippen LogP contribution in [0.15, 0.2) is 29.2 Å². The minimum Gasteiger partial charge on any atom is -0.351 e. The van der Waals surface area contributed by atoms with E-state index in [9.17, 15) is 4.79 Å². The third kappa shape index (κ3) is 5.40. The molecule has 0 saturated heterocycles. The van der Waals surface area contributed by atoms with E-state index in [2.05, 4.69) is 13.0 Å². The first-order valence-corrected chi connectivity index (χ1v) is 9.37. The molecule has 1 fully saturated rings. The molecule has 0 aliphatic heterocycles. The minimum atomic E-state index is -0.271. The third-order valence-corrected chi connectivity index (χ3v) is 5.63. The second-order valence-corrected chi connectivity index (χ2v) is 7.71. The molecule has 5 heteroatoms. The van der Waals surface area contributed by atoms with Crippen LogP contribution in [0.25, 0.3) is 0 Å². The molecule has 2 rings (SSSR count). The lowest BCUT2D eigenvalue weighted by Crippen LogP contribution is -2.45. The van der Waals surface area contributed by atoms with E-state index in [1.807, 2.05) is 23.1 Å². The molecule has 0 unspecified atom stereocenters. The summed E-state index contributed by atoms with van der Waals surface area (Å²) in [6, 6.07) is 7.94. The second kappa shape index (κ2) is 8.68. The van der Waals surface area contributed by atoms with E-state index in [4.69, 9.17) is 17.3 Å². The number of halogens is 1. The molecular formula is C17H25ClN2OS. The lowest BCUT2D eigenvalue weighted by molar-refractivity contribution is 0.153. The molecule has 1 aromatic carbocycles. The minimum absolute atomic E-state index is 0.271. The number of urea groups is 1. The van der Waals surface area contributed by atoms with Gasteiger partial charge in [-0.05, 0) is 62.0 Å². The van der Waals surface area contributed by atoms with Gasteiger partial charge in [-0.25, -0.2) is 4.79 Å². The first-order valence-electron chi connectivity index (χ1n) is 8.00. The lowest BCUT2D eigenvalue weighted by Gasteiger charge is -2.35. The summed E-state index contributed by atoms with van der Waals surface area (Å²) in [4.78, 5) is 14.8. The van der Waals surface area contributed by atoms with Gasteiger partial charge in [-0.15, -0.1) is 11.8 Å². The molecule has 1 aromatic rings. The molecule has 22 heavy (non-hydrogen) atoms. The van der Waals surface area contributed by atoms with Gasteiger partial charge in [0.05, 0.1) is 0 Å². The zero-order valence-corrected chi connectivity index (χ0v) is 14.7. The van der Waals surface area contributed by atoms with Crippen LogP contribution in [-0.2, 0) is 0 Å². The average molecular weight is 341 g/mol. The molecule has 1 aliphatic rings. The van der Waals surface area contributed by atoms with Gasteiger partial charge in [0, 0.05) is 22.5 Å². The van der Waals surface area contributed by atoms with Crippen molar-refractivity contribution < 1.29 is 4.79 Å². The van der Waals surface area contributed by atoms with Gasteiger partial charge in [-0.3, -0.25) is 0 Å². The Kier molecular flexibility index (Phi) is 6.90. The normalized spacial score (nSPS) is 21.5. The zero-order chi connectivity index (χ0) is 15.9. The fourth-order valence-corrected chi connectivity index (χ4v) is 4.16. The Morgan fingerprint density at radius 2 is 2.09 bits per heavy atom. The Morgan fingerprint density at radius 1 is 1.36 bits per heavy atom. The molecule has 0 atom stereocenters. The number of thioether (sulfide) groups is 1. The van der Waals surface area contributed by atoms with Gasteiger partial charge in [0.2, 0.25) is 0 Å².